The van der Waals surface area contributed by atoms with Crippen LogP contribution in [0.4, 0.5) is 0 Å². The quantitative estimate of drug-likeness (QED) is 0.150. The molecule has 0 bridgehead atoms. The van der Waals surface area contributed by atoms with Crippen molar-refractivity contribution in [3.63, 3.8) is 0 Å². The molecule has 0 aliphatic heterocycles. The van der Waals surface area contributed by atoms with Crippen LogP contribution in [0.5, 0.6) is 0 Å². The minimum Gasteiger partial charge on any atom is -0.464 e. The largest absolute Gasteiger partial charge is 0.464 e. The van der Waals surface area contributed by atoms with Gasteiger partial charge in [-0.15, -0.1) is 0 Å². The Balaban J connectivity index is 3.48. The molecule has 172 valence electrons. The fourth-order valence-electron chi connectivity index (χ4n) is 3.50. The van der Waals surface area contributed by atoms with Crippen molar-refractivity contribution in [1.82, 2.24) is 4.90 Å². The van der Waals surface area contributed by atoms with Crippen molar-refractivity contribution in [2.45, 2.75) is 129 Å². The molecule has 0 fully saturated rings. The summed E-state index contributed by atoms with van der Waals surface area (Å²) in [4.78, 5) is 25.6. The molecule has 0 saturated carbocycles. The first-order chi connectivity index (χ1) is 14.1. The number of hydrogen-bond donors (Lipinski definition) is 0. The summed E-state index contributed by atoms with van der Waals surface area (Å²) in [6.45, 7) is 5.28. The van der Waals surface area contributed by atoms with Crippen LogP contribution in [0.25, 0.3) is 0 Å². The molecule has 0 unspecified atom stereocenters. The zero-order valence-electron chi connectivity index (χ0n) is 19.8. The van der Waals surface area contributed by atoms with E-state index in [1.165, 1.54) is 77.0 Å². The highest BCUT2D eigenvalue weighted by Gasteiger charge is 2.09. The van der Waals surface area contributed by atoms with Crippen LogP contribution < -0.4 is 0 Å². The summed E-state index contributed by atoms with van der Waals surface area (Å²) in [7, 11) is 1.81. The lowest BCUT2D eigenvalue weighted by Crippen LogP contribution is -2.30. The normalized spacial score (nSPS) is 10.9. The number of carbonyl (C=O) groups is 2. The number of ether oxygens (including phenoxy) is 1. The monoisotopic (exact) mass is 411 g/mol. The molecular weight excluding hydrogens is 362 g/mol. The minimum absolute atomic E-state index is 0.127. The Labute approximate surface area is 181 Å². The third-order valence-corrected chi connectivity index (χ3v) is 5.59. The van der Waals surface area contributed by atoms with Gasteiger partial charge in [0.1, 0.15) is 6.61 Å². The van der Waals surface area contributed by atoms with Crippen LogP contribution in [0.1, 0.15) is 129 Å². The fourth-order valence-corrected chi connectivity index (χ4v) is 3.50. The molecule has 1 amide bonds. The zero-order valence-corrected chi connectivity index (χ0v) is 19.8. The van der Waals surface area contributed by atoms with Crippen LogP contribution in [-0.4, -0.2) is 37.0 Å². The summed E-state index contributed by atoms with van der Waals surface area (Å²) in [5.41, 5.74) is 0. The average Bonchev–Trinajstić information content (AvgIpc) is 2.71. The maximum absolute atomic E-state index is 12.1. The van der Waals surface area contributed by atoms with E-state index in [1.54, 1.807) is 11.9 Å². The van der Waals surface area contributed by atoms with Crippen LogP contribution in [0.2, 0.25) is 0 Å². The van der Waals surface area contributed by atoms with Crippen LogP contribution >= 0.6 is 0 Å². The Hall–Kier alpha value is -1.06. The fraction of sp³-hybridized carbons (Fsp3) is 0.920. The zero-order chi connectivity index (χ0) is 21.6. The minimum atomic E-state index is -0.127. The van der Waals surface area contributed by atoms with Gasteiger partial charge >= 0.3 is 5.97 Å². The lowest BCUT2D eigenvalue weighted by atomic mass is 10.1. The highest BCUT2D eigenvalue weighted by Crippen LogP contribution is 2.11. The van der Waals surface area contributed by atoms with E-state index in [-0.39, 0.29) is 11.9 Å². The molecule has 0 rings (SSSR count). The van der Waals surface area contributed by atoms with Gasteiger partial charge in [0.2, 0.25) is 5.91 Å². The predicted molar refractivity (Wildman–Crippen MR) is 123 cm³/mol. The van der Waals surface area contributed by atoms with Gasteiger partial charge in [-0.3, -0.25) is 9.59 Å². The Bertz CT molecular complexity index is 384. The molecule has 0 N–H and O–H groups in total. The topological polar surface area (TPSA) is 46.6 Å². The Morgan fingerprint density at radius 1 is 0.621 bits per heavy atom. The van der Waals surface area contributed by atoms with Gasteiger partial charge in [0.05, 0.1) is 6.54 Å². The molecule has 4 nitrogen and oxygen atoms in total. The van der Waals surface area contributed by atoms with Crippen LogP contribution in [-0.2, 0) is 14.3 Å². The highest BCUT2D eigenvalue weighted by molar-refractivity contribution is 5.75. The molecule has 4 heteroatoms. The Morgan fingerprint density at radius 3 is 1.52 bits per heavy atom. The lowest BCUT2D eigenvalue weighted by molar-refractivity contribution is -0.145. The smallest absolute Gasteiger partial charge is 0.305 e. The molecule has 0 heterocycles. The number of rotatable bonds is 21. The molecule has 0 atom stereocenters. The van der Waals surface area contributed by atoms with Crippen molar-refractivity contribution in [2.75, 3.05) is 20.2 Å². The van der Waals surface area contributed by atoms with Crippen LogP contribution in [0.3, 0.4) is 0 Å². The Kier molecular flexibility index (Phi) is 20.9. The molecule has 0 radical (unpaired) electrons. The van der Waals surface area contributed by atoms with E-state index in [4.69, 9.17) is 4.74 Å². The van der Waals surface area contributed by atoms with E-state index in [0.717, 1.165) is 25.7 Å². The molecule has 0 aromatic rings. The van der Waals surface area contributed by atoms with Gasteiger partial charge in [0, 0.05) is 19.9 Å². The molecule has 0 saturated heterocycles. The number of unbranched alkanes of at least 4 members (excludes halogenated alkanes) is 14. The number of likely N-dealkylation sites (N-methyl/N-ethyl adjacent to an activating group) is 1. The van der Waals surface area contributed by atoms with Crippen molar-refractivity contribution in [3.05, 3.63) is 0 Å². The van der Waals surface area contributed by atoms with Crippen molar-refractivity contribution >= 4 is 11.9 Å². The number of amides is 1. The molecule has 0 aliphatic carbocycles. The van der Waals surface area contributed by atoms with Crippen molar-refractivity contribution in [1.29, 1.82) is 0 Å². The third kappa shape index (κ3) is 20.0. The van der Waals surface area contributed by atoms with E-state index in [0.29, 0.717) is 26.0 Å². The third-order valence-electron chi connectivity index (χ3n) is 5.59. The Morgan fingerprint density at radius 2 is 1.03 bits per heavy atom. The average molecular weight is 412 g/mol. The van der Waals surface area contributed by atoms with Gasteiger partial charge in [-0.1, -0.05) is 104 Å². The predicted octanol–water partition coefficient (Wildman–Crippen LogP) is 7.05. The first-order valence-electron chi connectivity index (χ1n) is 12.5. The second kappa shape index (κ2) is 21.6. The second-order valence-electron chi connectivity index (χ2n) is 8.49. The summed E-state index contributed by atoms with van der Waals surface area (Å²) in [6, 6.07) is 0. The number of carbonyl (C=O) groups excluding carboxylic acids is 2. The van der Waals surface area contributed by atoms with Crippen molar-refractivity contribution in [2.24, 2.45) is 0 Å². The van der Waals surface area contributed by atoms with Crippen molar-refractivity contribution in [3.8, 4) is 0 Å². The first-order valence-corrected chi connectivity index (χ1v) is 12.5. The molecular formula is C25H49NO3. The lowest BCUT2D eigenvalue weighted by Gasteiger charge is -2.17. The number of esters is 1. The van der Waals surface area contributed by atoms with Gasteiger partial charge < -0.3 is 9.64 Å². The maximum Gasteiger partial charge on any atom is 0.305 e. The molecule has 0 aromatic carbocycles. The van der Waals surface area contributed by atoms with E-state index in [9.17, 15) is 9.59 Å². The van der Waals surface area contributed by atoms with Gasteiger partial charge in [0.15, 0.2) is 0 Å². The molecule has 0 aliphatic rings. The summed E-state index contributed by atoms with van der Waals surface area (Å²) in [5.74, 6) is 0.0365. The van der Waals surface area contributed by atoms with Gasteiger partial charge in [0.25, 0.3) is 0 Å². The summed E-state index contributed by atoms with van der Waals surface area (Å²) >= 11 is 0. The second-order valence-corrected chi connectivity index (χ2v) is 8.49. The van der Waals surface area contributed by atoms with Gasteiger partial charge in [-0.05, 0) is 12.8 Å². The van der Waals surface area contributed by atoms with Gasteiger partial charge in [-0.25, -0.2) is 0 Å². The number of hydrogen-bond acceptors (Lipinski definition) is 3. The van der Waals surface area contributed by atoms with Gasteiger partial charge in [-0.2, -0.15) is 0 Å². The molecule has 0 spiro atoms. The standard InChI is InChI=1S/C25H49NO3/c1-4-6-8-10-12-13-15-16-18-20-24(27)26(3)22-23-29-25(28)21-19-17-14-11-9-7-5-2/h4-23H2,1-3H3. The van der Waals surface area contributed by atoms with Crippen molar-refractivity contribution < 1.29 is 14.3 Å². The van der Waals surface area contributed by atoms with Crippen LogP contribution in [0, 0.1) is 0 Å². The summed E-state index contributed by atoms with van der Waals surface area (Å²) < 4.78 is 5.27. The summed E-state index contributed by atoms with van der Waals surface area (Å²) in [6.07, 6.45) is 20.8. The highest BCUT2D eigenvalue weighted by atomic mass is 16.5. The number of nitrogens with zero attached hydrogens (tertiary/aromatic N) is 1. The first kappa shape index (κ1) is 27.9. The van der Waals surface area contributed by atoms with E-state index < -0.39 is 0 Å². The molecule has 29 heavy (non-hydrogen) atoms. The van der Waals surface area contributed by atoms with Crippen LogP contribution in [0.15, 0.2) is 0 Å². The van der Waals surface area contributed by atoms with E-state index in [1.807, 2.05) is 0 Å². The summed E-state index contributed by atoms with van der Waals surface area (Å²) in [5, 5.41) is 0. The van der Waals surface area contributed by atoms with E-state index in [2.05, 4.69) is 13.8 Å². The maximum atomic E-state index is 12.1. The molecule has 0 aromatic heterocycles. The van der Waals surface area contributed by atoms with E-state index >= 15 is 0 Å². The SMILES string of the molecule is CCCCCCCCCCCC(=O)N(C)CCOC(=O)CCCCCCCCC.